The molecule has 24 heavy (non-hydrogen) atoms. The molecule has 0 atom stereocenters. The maximum Gasteiger partial charge on any atom is 0.151 e. The Morgan fingerprint density at radius 1 is 0.792 bits per heavy atom. The zero-order chi connectivity index (χ0) is 16.8. The maximum atomic E-state index is 10.1. The van der Waals surface area contributed by atoms with E-state index in [-0.39, 0.29) is 11.5 Å². The summed E-state index contributed by atoms with van der Waals surface area (Å²) in [6.45, 7) is 4.13. The maximum absolute atomic E-state index is 10.1. The topological polar surface area (TPSA) is 46.5 Å². The molecule has 4 rings (SSSR count). The van der Waals surface area contributed by atoms with Crippen LogP contribution in [0.3, 0.4) is 0 Å². The summed E-state index contributed by atoms with van der Waals surface area (Å²) in [6, 6.07) is 18.6. The highest BCUT2D eigenvalue weighted by atomic mass is 16.3. The fourth-order valence-corrected chi connectivity index (χ4v) is 3.10. The predicted molar refractivity (Wildman–Crippen MR) is 97.1 cm³/mol. The van der Waals surface area contributed by atoms with Crippen molar-refractivity contribution in [3.8, 4) is 11.5 Å². The Labute approximate surface area is 140 Å². The number of hydrogen-bond donors (Lipinski definition) is 2. The zero-order valence-electron chi connectivity index (χ0n) is 13.6. The van der Waals surface area contributed by atoms with Crippen LogP contribution in [0.25, 0.3) is 10.8 Å². The average molecular weight is 318 g/mol. The van der Waals surface area contributed by atoms with Gasteiger partial charge in [-0.25, -0.2) is 10.0 Å². The highest BCUT2D eigenvalue weighted by molar-refractivity contribution is 6.01. The van der Waals surface area contributed by atoms with Crippen molar-refractivity contribution in [1.29, 1.82) is 0 Å². The number of hydrogen-bond acceptors (Lipinski definition) is 4. The lowest BCUT2D eigenvalue weighted by molar-refractivity contribution is 0.475. The molecule has 0 amide bonds. The van der Waals surface area contributed by atoms with Crippen LogP contribution in [-0.2, 0) is 0 Å². The van der Waals surface area contributed by atoms with Gasteiger partial charge >= 0.3 is 0 Å². The fourth-order valence-electron chi connectivity index (χ4n) is 3.10. The third-order valence-electron chi connectivity index (χ3n) is 4.19. The molecule has 120 valence electrons. The van der Waals surface area contributed by atoms with Crippen molar-refractivity contribution >= 4 is 22.1 Å². The van der Waals surface area contributed by atoms with Gasteiger partial charge in [0, 0.05) is 16.8 Å². The first-order valence-electron chi connectivity index (χ1n) is 7.85. The number of allylic oxidation sites excluding steroid dienone is 1. The van der Waals surface area contributed by atoms with E-state index in [0.717, 1.165) is 28.0 Å². The van der Waals surface area contributed by atoms with Gasteiger partial charge in [-0.15, -0.1) is 0 Å². The van der Waals surface area contributed by atoms with Crippen LogP contribution in [-0.4, -0.2) is 10.2 Å². The minimum Gasteiger partial charge on any atom is -0.508 e. The molecule has 0 bridgehead atoms. The lowest BCUT2D eigenvalue weighted by Gasteiger charge is -2.10. The van der Waals surface area contributed by atoms with E-state index in [4.69, 9.17) is 0 Å². The van der Waals surface area contributed by atoms with E-state index in [1.165, 1.54) is 5.57 Å². The summed E-state index contributed by atoms with van der Waals surface area (Å²) in [5, 5.41) is 25.9. The Bertz CT molecular complexity index is 974. The summed E-state index contributed by atoms with van der Waals surface area (Å²) in [5.74, 6) is 1.60. The minimum absolute atomic E-state index is 0.239. The lowest BCUT2D eigenvalue weighted by atomic mass is 10.1. The minimum atomic E-state index is 0.239. The number of phenolic OH excluding ortho intramolecular Hbond substituents is 2. The molecule has 0 unspecified atom stereocenters. The molecule has 3 aromatic rings. The van der Waals surface area contributed by atoms with Crippen molar-refractivity contribution in [2.24, 2.45) is 0 Å². The smallest absolute Gasteiger partial charge is 0.151 e. The zero-order valence-corrected chi connectivity index (χ0v) is 13.6. The first kappa shape index (κ1) is 14.5. The summed E-state index contributed by atoms with van der Waals surface area (Å²) in [7, 11) is 0. The lowest BCUT2D eigenvalue weighted by Crippen LogP contribution is -2.04. The van der Waals surface area contributed by atoms with Gasteiger partial charge in [0.25, 0.3) is 0 Å². The van der Waals surface area contributed by atoms with E-state index in [0.29, 0.717) is 0 Å². The summed E-state index contributed by atoms with van der Waals surface area (Å²) < 4.78 is 0. The molecule has 0 aromatic heterocycles. The van der Waals surface area contributed by atoms with Crippen LogP contribution in [0.2, 0.25) is 0 Å². The van der Waals surface area contributed by atoms with Gasteiger partial charge < -0.3 is 10.2 Å². The highest BCUT2D eigenvalue weighted by Crippen LogP contribution is 2.47. The van der Waals surface area contributed by atoms with E-state index in [9.17, 15) is 10.2 Å². The SMILES string of the molecule is CC(C)=C1N(c2cccc(O)c2)N1c1ccc(O)c2ccccc12. The second kappa shape index (κ2) is 5.20. The molecule has 1 saturated heterocycles. The predicted octanol–water partition coefficient (Wildman–Crippen LogP) is 4.74. The first-order chi connectivity index (χ1) is 11.6. The van der Waals surface area contributed by atoms with Gasteiger partial charge in [0.05, 0.1) is 11.4 Å². The molecular weight excluding hydrogens is 300 g/mol. The first-order valence-corrected chi connectivity index (χ1v) is 7.85. The van der Waals surface area contributed by atoms with Crippen molar-refractivity contribution in [1.82, 2.24) is 0 Å². The van der Waals surface area contributed by atoms with Gasteiger partial charge in [-0.2, -0.15) is 0 Å². The molecule has 1 aliphatic heterocycles. The molecule has 0 radical (unpaired) electrons. The Morgan fingerprint density at radius 2 is 1.54 bits per heavy atom. The van der Waals surface area contributed by atoms with Crippen LogP contribution >= 0.6 is 0 Å². The standard InChI is InChI=1S/C20H18N2O2/c1-13(2)20-21(14-6-5-7-15(23)12-14)22(20)18-10-11-19(24)17-9-4-3-8-16(17)18/h3-12,23-24H,1-2H3. The molecule has 0 spiro atoms. The summed E-state index contributed by atoms with van der Waals surface area (Å²) in [4.78, 5) is 0. The number of nitrogens with zero attached hydrogens (tertiary/aromatic N) is 2. The van der Waals surface area contributed by atoms with Gasteiger partial charge in [-0.3, -0.25) is 0 Å². The van der Waals surface area contributed by atoms with Crippen molar-refractivity contribution in [2.75, 3.05) is 10.0 Å². The fraction of sp³-hybridized carbons (Fsp3) is 0.100. The number of phenols is 2. The Kier molecular flexibility index (Phi) is 3.13. The molecule has 2 N–H and O–H groups in total. The van der Waals surface area contributed by atoms with Crippen LogP contribution in [0, 0.1) is 0 Å². The summed E-state index contributed by atoms with van der Waals surface area (Å²) in [6.07, 6.45) is 0. The van der Waals surface area contributed by atoms with Gasteiger partial charge in [0.15, 0.2) is 5.82 Å². The van der Waals surface area contributed by atoms with Crippen LogP contribution in [0.15, 0.2) is 72.1 Å². The Morgan fingerprint density at radius 3 is 2.25 bits per heavy atom. The van der Waals surface area contributed by atoms with Gasteiger partial charge in [-0.1, -0.05) is 30.3 Å². The van der Waals surface area contributed by atoms with Crippen LogP contribution < -0.4 is 10.0 Å². The van der Waals surface area contributed by atoms with E-state index >= 15 is 0 Å². The van der Waals surface area contributed by atoms with Crippen LogP contribution in [0.4, 0.5) is 11.4 Å². The number of hydrazine groups is 1. The van der Waals surface area contributed by atoms with Crippen LogP contribution in [0.5, 0.6) is 11.5 Å². The normalized spacial score (nSPS) is 13.5. The monoisotopic (exact) mass is 318 g/mol. The van der Waals surface area contributed by atoms with Crippen molar-refractivity contribution in [3.63, 3.8) is 0 Å². The van der Waals surface area contributed by atoms with Crippen molar-refractivity contribution in [3.05, 3.63) is 72.1 Å². The average Bonchev–Trinajstić information content (AvgIpc) is 3.31. The number of benzene rings is 3. The van der Waals surface area contributed by atoms with Crippen LogP contribution in [0.1, 0.15) is 13.8 Å². The highest BCUT2D eigenvalue weighted by Gasteiger charge is 2.42. The molecule has 3 aromatic carbocycles. The summed E-state index contributed by atoms with van der Waals surface area (Å²) >= 11 is 0. The third-order valence-corrected chi connectivity index (χ3v) is 4.19. The third kappa shape index (κ3) is 2.15. The second-order valence-corrected chi connectivity index (χ2v) is 6.12. The number of anilines is 2. The molecule has 0 aliphatic carbocycles. The molecule has 1 aliphatic rings. The van der Waals surface area contributed by atoms with Gasteiger partial charge in [0.2, 0.25) is 0 Å². The molecule has 0 saturated carbocycles. The van der Waals surface area contributed by atoms with E-state index in [1.807, 2.05) is 42.5 Å². The van der Waals surface area contributed by atoms with E-state index in [2.05, 4.69) is 23.9 Å². The van der Waals surface area contributed by atoms with E-state index < -0.39 is 0 Å². The molecule has 1 heterocycles. The molecular formula is C20H18N2O2. The van der Waals surface area contributed by atoms with Crippen molar-refractivity contribution in [2.45, 2.75) is 13.8 Å². The van der Waals surface area contributed by atoms with E-state index in [1.54, 1.807) is 18.2 Å². The van der Waals surface area contributed by atoms with Gasteiger partial charge in [0.1, 0.15) is 11.5 Å². The van der Waals surface area contributed by atoms with Crippen molar-refractivity contribution < 1.29 is 10.2 Å². The molecule has 4 nitrogen and oxygen atoms in total. The largest absolute Gasteiger partial charge is 0.508 e. The number of fused-ring (bicyclic) bond motifs is 1. The molecule has 1 fully saturated rings. The Balaban J connectivity index is 1.88. The summed E-state index contributed by atoms with van der Waals surface area (Å²) in [5.41, 5.74) is 3.08. The quantitative estimate of drug-likeness (QED) is 0.670. The number of aromatic hydroxyl groups is 2. The van der Waals surface area contributed by atoms with Gasteiger partial charge in [-0.05, 0) is 43.7 Å². The second-order valence-electron chi connectivity index (χ2n) is 6.12. The number of rotatable bonds is 2. The Hall–Kier alpha value is -3.14. The molecule has 4 heteroatoms.